The van der Waals surface area contributed by atoms with E-state index in [-0.39, 0.29) is 13.2 Å². The first-order chi connectivity index (χ1) is 9.31. The SMILES string of the molecule is [N-]=[N+]=NCCOCCOCCOCCOC(=O)NN. The van der Waals surface area contributed by atoms with Gasteiger partial charge in [0.05, 0.1) is 39.6 Å². The van der Waals surface area contributed by atoms with Gasteiger partial charge in [-0.1, -0.05) is 5.11 Å². The van der Waals surface area contributed by atoms with Gasteiger partial charge in [-0.3, -0.25) is 5.43 Å². The summed E-state index contributed by atoms with van der Waals surface area (Å²) < 4.78 is 20.0. The van der Waals surface area contributed by atoms with Crippen LogP contribution in [0.15, 0.2) is 5.11 Å². The maximum absolute atomic E-state index is 10.5. The van der Waals surface area contributed by atoms with Crippen molar-refractivity contribution in [3.8, 4) is 0 Å². The van der Waals surface area contributed by atoms with E-state index in [2.05, 4.69) is 14.8 Å². The van der Waals surface area contributed by atoms with Crippen molar-refractivity contribution in [3.63, 3.8) is 0 Å². The molecule has 0 spiro atoms. The number of hydrogen-bond acceptors (Lipinski definition) is 7. The maximum atomic E-state index is 10.5. The molecule has 3 N–H and O–H groups in total. The van der Waals surface area contributed by atoms with E-state index >= 15 is 0 Å². The second-order valence-corrected chi connectivity index (χ2v) is 3.07. The van der Waals surface area contributed by atoms with Gasteiger partial charge >= 0.3 is 6.09 Å². The summed E-state index contributed by atoms with van der Waals surface area (Å²) in [5, 5.41) is 3.31. The largest absolute Gasteiger partial charge is 0.446 e. The molecule has 0 fully saturated rings. The number of hydrogen-bond donors (Lipinski definition) is 2. The third-order valence-corrected chi connectivity index (χ3v) is 1.72. The lowest BCUT2D eigenvalue weighted by Gasteiger charge is -2.06. The molecule has 0 heterocycles. The van der Waals surface area contributed by atoms with Crippen LogP contribution in [0, 0.1) is 0 Å². The molecule has 0 bridgehead atoms. The number of carbonyl (C=O) groups is 1. The summed E-state index contributed by atoms with van der Waals surface area (Å²) >= 11 is 0. The summed E-state index contributed by atoms with van der Waals surface area (Å²) in [6.07, 6.45) is -0.697. The minimum absolute atomic E-state index is 0.131. The molecule has 0 saturated heterocycles. The van der Waals surface area contributed by atoms with Gasteiger partial charge in [0.1, 0.15) is 6.61 Å². The number of azide groups is 1. The van der Waals surface area contributed by atoms with Crippen LogP contribution in [0.4, 0.5) is 4.79 Å². The first-order valence-corrected chi connectivity index (χ1v) is 5.68. The number of amides is 1. The molecule has 0 aliphatic rings. The number of nitrogens with zero attached hydrogens (tertiary/aromatic N) is 3. The topological polar surface area (TPSA) is 141 Å². The van der Waals surface area contributed by atoms with Crippen LogP contribution in [0.2, 0.25) is 0 Å². The van der Waals surface area contributed by atoms with E-state index in [0.717, 1.165) is 0 Å². The fourth-order valence-electron chi connectivity index (χ4n) is 0.927. The standard InChI is InChI=1S/C9H19N5O5/c10-13-9(15)19-8-7-18-6-5-17-4-3-16-2-1-12-14-11/h1-8,10H2,(H,13,15). The highest BCUT2D eigenvalue weighted by Crippen LogP contribution is 1.83. The molecule has 0 aromatic rings. The number of carbonyl (C=O) groups excluding carboxylic acids is 1. The number of rotatable bonds is 12. The fourth-order valence-corrected chi connectivity index (χ4v) is 0.927. The quantitative estimate of drug-likeness (QED) is 0.0973. The third kappa shape index (κ3) is 14.4. The van der Waals surface area contributed by atoms with Gasteiger partial charge in [-0.05, 0) is 5.53 Å². The summed E-state index contributed by atoms with van der Waals surface area (Å²) in [7, 11) is 0. The molecule has 0 aromatic carbocycles. The van der Waals surface area contributed by atoms with Gasteiger partial charge in [0.25, 0.3) is 0 Å². The van der Waals surface area contributed by atoms with E-state index in [1.54, 1.807) is 0 Å². The fraction of sp³-hybridized carbons (Fsp3) is 0.889. The molecule has 0 aliphatic heterocycles. The Morgan fingerprint density at radius 2 is 1.58 bits per heavy atom. The van der Waals surface area contributed by atoms with Crippen molar-refractivity contribution >= 4 is 6.09 Å². The van der Waals surface area contributed by atoms with Gasteiger partial charge in [0.2, 0.25) is 0 Å². The smallest absolute Gasteiger partial charge is 0.421 e. The van der Waals surface area contributed by atoms with E-state index in [0.29, 0.717) is 39.6 Å². The van der Waals surface area contributed by atoms with Crippen molar-refractivity contribution < 1.29 is 23.7 Å². The molecule has 19 heavy (non-hydrogen) atoms. The zero-order valence-corrected chi connectivity index (χ0v) is 10.6. The van der Waals surface area contributed by atoms with Crippen LogP contribution in [-0.2, 0) is 18.9 Å². The maximum Gasteiger partial charge on any atom is 0.421 e. The third-order valence-electron chi connectivity index (χ3n) is 1.72. The average molecular weight is 277 g/mol. The molecular formula is C9H19N5O5. The second-order valence-electron chi connectivity index (χ2n) is 3.07. The van der Waals surface area contributed by atoms with Gasteiger partial charge in [0, 0.05) is 11.5 Å². The Morgan fingerprint density at radius 1 is 1.05 bits per heavy atom. The van der Waals surface area contributed by atoms with Crippen LogP contribution in [0.3, 0.4) is 0 Å². The van der Waals surface area contributed by atoms with E-state index < -0.39 is 6.09 Å². The second kappa shape index (κ2) is 14.5. The lowest BCUT2D eigenvalue weighted by atomic mass is 10.7. The van der Waals surface area contributed by atoms with Gasteiger partial charge in [0.15, 0.2) is 0 Å². The van der Waals surface area contributed by atoms with Gasteiger partial charge in [-0.15, -0.1) is 0 Å². The summed E-state index contributed by atoms with van der Waals surface area (Å²) in [5.74, 6) is 4.80. The molecule has 110 valence electrons. The molecule has 0 unspecified atom stereocenters. The minimum atomic E-state index is -0.697. The normalized spacial score (nSPS) is 9.74. The monoisotopic (exact) mass is 277 g/mol. The average Bonchev–Trinajstić information content (AvgIpc) is 2.43. The highest BCUT2D eigenvalue weighted by molar-refractivity contribution is 5.66. The van der Waals surface area contributed by atoms with Crippen molar-refractivity contribution in [1.82, 2.24) is 5.43 Å². The summed E-state index contributed by atoms with van der Waals surface area (Å²) in [6, 6.07) is 0. The summed E-state index contributed by atoms with van der Waals surface area (Å²) in [6.45, 7) is 2.78. The molecule has 0 saturated carbocycles. The number of nitrogens with two attached hydrogens (primary N) is 1. The Morgan fingerprint density at radius 3 is 2.11 bits per heavy atom. The van der Waals surface area contributed by atoms with Gasteiger partial charge in [-0.2, -0.15) is 0 Å². The van der Waals surface area contributed by atoms with Gasteiger partial charge in [-0.25, -0.2) is 10.6 Å². The number of hydrazine groups is 1. The molecule has 0 atom stereocenters. The zero-order chi connectivity index (χ0) is 14.2. The summed E-state index contributed by atoms with van der Waals surface area (Å²) in [5.41, 5.74) is 9.83. The molecule has 1 amide bonds. The molecule has 0 aromatic heterocycles. The van der Waals surface area contributed by atoms with Crippen LogP contribution in [0.5, 0.6) is 0 Å². The number of nitrogens with one attached hydrogen (secondary N) is 1. The van der Waals surface area contributed by atoms with Crippen LogP contribution in [0.1, 0.15) is 0 Å². The molecule has 10 heteroatoms. The summed E-state index contributed by atoms with van der Waals surface area (Å²) in [4.78, 5) is 13.1. The highest BCUT2D eigenvalue weighted by atomic mass is 16.6. The van der Waals surface area contributed by atoms with Crippen LogP contribution < -0.4 is 11.3 Å². The van der Waals surface area contributed by atoms with Crippen LogP contribution in [0.25, 0.3) is 10.4 Å². The van der Waals surface area contributed by atoms with Crippen molar-refractivity contribution in [3.05, 3.63) is 10.4 Å². The van der Waals surface area contributed by atoms with Crippen molar-refractivity contribution in [1.29, 1.82) is 0 Å². The van der Waals surface area contributed by atoms with Gasteiger partial charge < -0.3 is 18.9 Å². The van der Waals surface area contributed by atoms with Crippen molar-refractivity contribution in [2.24, 2.45) is 11.0 Å². The predicted octanol–water partition coefficient (Wildman–Crippen LogP) is -0.0536. The Balaban J connectivity index is 3.02. The molecule has 0 radical (unpaired) electrons. The van der Waals surface area contributed by atoms with E-state index in [4.69, 9.17) is 25.6 Å². The Hall–Kier alpha value is -1.58. The lowest BCUT2D eigenvalue weighted by Crippen LogP contribution is -2.31. The first kappa shape index (κ1) is 17.4. The molecular weight excluding hydrogens is 258 g/mol. The van der Waals surface area contributed by atoms with Crippen LogP contribution in [-0.4, -0.2) is 58.9 Å². The first-order valence-electron chi connectivity index (χ1n) is 5.68. The van der Waals surface area contributed by atoms with Crippen molar-refractivity contribution in [2.75, 3.05) is 52.8 Å². The lowest BCUT2D eigenvalue weighted by molar-refractivity contribution is 0.00678. The zero-order valence-electron chi connectivity index (χ0n) is 10.6. The Bertz CT molecular complexity index is 272. The van der Waals surface area contributed by atoms with Crippen LogP contribution >= 0.6 is 0 Å². The Kier molecular flexibility index (Phi) is 13.3. The Labute approximate surface area is 110 Å². The molecule has 0 rings (SSSR count). The van der Waals surface area contributed by atoms with Crippen molar-refractivity contribution in [2.45, 2.75) is 0 Å². The number of ether oxygens (including phenoxy) is 4. The van der Waals surface area contributed by atoms with E-state index in [1.165, 1.54) is 0 Å². The highest BCUT2D eigenvalue weighted by Gasteiger charge is 1.97. The minimum Gasteiger partial charge on any atom is -0.446 e. The van der Waals surface area contributed by atoms with E-state index in [1.807, 2.05) is 5.43 Å². The predicted molar refractivity (Wildman–Crippen MR) is 65.1 cm³/mol. The van der Waals surface area contributed by atoms with E-state index in [9.17, 15) is 4.79 Å². The molecule has 0 aliphatic carbocycles. The molecule has 10 nitrogen and oxygen atoms in total.